The Morgan fingerprint density at radius 1 is 1.24 bits per heavy atom. The number of carbonyl (C=O) groups excluding carboxylic acids is 1. The van der Waals surface area contributed by atoms with E-state index in [1.165, 1.54) is 0 Å². The summed E-state index contributed by atoms with van der Waals surface area (Å²) in [6, 6.07) is 9.43. The lowest BCUT2D eigenvalue weighted by molar-refractivity contribution is -0.139. The van der Waals surface area contributed by atoms with E-state index in [1.54, 1.807) is 6.07 Å². The predicted molar refractivity (Wildman–Crippen MR) is 96.2 cm³/mol. The normalized spacial score (nSPS) is 19.0. The number of hydrogen-bond acceptors (Lipinski definition) is 3. The SMILES string of the molecule is Cc1ccc([C@@]2(C)Cc3cc(OCC(=O)O)c(Cl)c(Cl)c3C2=O)cc1. The first-order valence-corrected chi connectivity index (χ1v) is 8.47. The summed E-state index contributed by atoms with van der Waals surface area (Å²) in [6.45, 7) is 3.33. The Morgan fingerprint density at radius 2 is 1.88 bits per heavy atom. The Balaban J connectivity index is 2.04. The van der Waals surface area contributed by atoms with Gasteiger partial charge in [-0.05, 0) is 37.5 Å². The minimum Gasteiger partial charge on any atom is -0.480 e. The Labute approximate surface area is 155 Å². The molecule has 1 aliphatic rings. The number of carboxylic acid groups (broad SMARTS) is 1. The Hall–Kier alpha value is -2.04. The Morgan fingerprint density at radius 3 is 2.48 bits per heavy atom. The van der Waals surface area contributed by atoms with Crippen LogP contribution < -0.4 is 4.74 Å². The minimum atomic E-state index is -1.12. The first kappa shape index (κ1) is 17.8. The molecular weight excluding hydrogens is 363 g/mol. The molecule has 0 bridgehead atoms. The van der Waals surface area contributed by atoms with Crippen molar-refractivity contribution in [3.05, 3.63) is 62.6 Å². The number of aryl methyl sites for hydroxylation is 1. The van der Waals surface area contributed by atoms with Gasteiger partial charge in [0, 0.05) is 5.56 Å². The summed E-state index contributed by atoms with van der Waals surface area (Å²) in [5.41, 5.74) is 2.37. The average Bonchev–Trinajstić information content (AvgIpc) is 2.82. The van der Waals surface area contributed by atoms with Gasteiger partial charge < -0.3 is 9.84 Å². The van der Waals surface area contributed by atoms with E-state index in [4.69, 9.17) is 33.0 Å². The fourth-order valence-corrected chi connectivity index (χ4v) is 3.68. The molecule has 4 nitrogen and oxygen atoms in total. The smallest absolute Gasteiger partial charge is 0.341 e. The van der Waals surface area contributed by atoms with Crippen molar-refractivity contribution in [2.24, 2.45) is 0 Å². The standard InChI is InChI=1S/C19H16Cl2O4/c1-10-3-5-12(6-4-10)19(2)8-11-7-13(25-9-14(22)23)16(20)17(21)15(11)18(19)24/h3-7H,8-9H2,1-2H3,(H,22,23)/t19-/m1/s1. The lowest BCUT2D eigenvalue weighted by Gasteiger charge is -2.22. The number of hydrogen-bond donors (Lipinski definition) is 1. The van der Waals surface area contributed by atoms with Crippen molar-refractivity contribution in [3.63, 3.8) is 0 Å². The zero-order chi connectivity index (χ0) is 18.4. The summed E-state index contributed by atoms with van der Waals surface area (Å²) < 4.78 is 5.20. The minimum absolute atomic E-state index is 0.0585. The number of benzene rings is 2. The summed E-state index contributed by atoms with van der Waals surface area (Å²) in [5, 5.41) is 8.94. The quantitative estimate of drug-likeness (QED) is 0.852. The molecule has 1 N–H and O–H groups in total. The number of fused-ring (bicyclic) bond motifs is 1. The van der Waals surface area contributed by atoms with Gasteiger partial charge in [0.15, 0.2) is 12.4 Å². The maximum Gasteiger partial charge on any atom is 0.341 e. The first-order valence-electron chi connectivity index (χ1n) is 7.71. The average molecular weight is 379 g/mol. The molecule has 2 aromatic carbocycles. The van der Waals surface area contributed by atoms with Crippen LogP contribution in [0.5, 0.6) is 5.75 Å². The maximum atomic E-state index is 13.1. The molecule has 0 fully saturated rings. The van der Waals surface area contributed by atoms with Gasteiger partial charge in [0.1, 0.15) is 10.8 Å². The van der Waals surface area contributed by atoms with Gasteiger partial charge in [-0.3, -0.25) is 4.79 Å². The number of Topliss-reactive ketones (excluding diaryl/α,β-unsaturated/α-hetero) is 1. The molecule has 0 saturated heterocycles. The van der Waals surface area contributed by atoms with Crippen LogP contribution in [0.3, 0.4) is 0 Å². The van der Waals surface area contributed by atoms with E-state index < -0.39 is 18.0 Å². The number of carbonyl (C=O) groups is 2. The van der Waals surface area contributed by atoms with Crippen molar-refractivity contribution in [2.45, 2.75) is 25.7 Å². The van der Waals surface area contributed by atoms with Gasteiger partial charge in [0.2, 0.25) is 0 Å². The molecule has 130 valence electrons. The van der Waals surface area contributed by atoms with E-state index in [0.29, 0.717) is 17.5 Å². The van der Waals surface area contributed by atoms with Crippen LogP contribution in [0.1, 0.15) is 34.0 Å². The number of halogens is 2. The van der Waals surface area contributed by atoms with Gasteiger partial charge in [-0.1, -0.05) is 53.0 Å². The van der Waals surface area contributed by atoms with Gasteiger partial charge in [0.05, 0.1) is 10.4 Å². The van der Waals surface area contributed by atoms with E-state index in [9.17, 15) is 9.59 Å². The Bertz CT molecular complexity index is 874. The highest BCUT2D eigenvalue weighted by Crippen LogP contribution is 2.47. The van der Waals surface area contributed by atoms with Crippen molar-refractivity contribution in [1.29, 1.82) is 0 Å². The maximum absolute atomic E-state index is 13.1. The lowest BCUT2D eigenvalue weighted by atomic mass is 9.79. The number of carboxylic acids is 1. The monoisotopic (exact) mass is 378 g/mol. The number of ketones is 1. The van der Waals surface area contributed by atoms with Crippen molar-refractivity contribution in [1.82, 2.24) is 0 Å². The van der Waals surface area contributed by atoms with Gasteiger partial charge in [0.25, 0.3) is 0 Å². The summed E-state index contributed by atoms with van der Waals surface area (Å²) in [7, 11) is 0. The van der Waals surface area contributed by atoms with Crippen LogP contribution in [0.2, 0.25) is 10.0 Å². The molecular formula is C19H16Cl2O4. The second-order valence-electron chi connectivity index (χ2n) is 6.42. The molecule has 1 aliphatic carbocycles. The molecule has 0 heterocycles. The molecule has 0 saturated carbocycles. The zero-order valence-electron chi connectivity index (χ0n) is 13.7. The van der Waals surface area contributed by atoms with Gasteiger partial charge in [-0.2, -0.15) is 0 Å². The van der Waals surface area contributed by atoms with E-state index >= 15 is 0 Å². The topological polar surface area (TPSA) is 63.6 Å². The second-order valence-corrected chi connectivity index (χ2v) is 7.18. The van der Waals surface area contributed by atoms with Crippen LogP contribution >= 0.6 is 23.2 Å². The highest BCUT2D eigenvalue weighted by atomic mass is 35.5. The third-order valence-corrected chi connectivity index (χ3v) is 5.42. The molecule has 3 rings (SSSR count). The third kappa shape index (κ3) is 3.00. The number of ether oxygens (including phenoxy) is 1. The molecule has 0 amide bonds. The molecule has 0 aliphatic heterocycles. The number of aliphatic carboxylic acids is 1. The van der Waals surface area contributed by atoms with Crippen molar-refractivity contribution in [3.8, 4) is 5.75 Å². The van der Waals surface area contributed by atoms with Crippen LogP contribution in [-0.2, 0) is 16.6 Å². The van der Waals surface area contributed by atoms with E-state index in [0.717, 1.165) is 11.1 Å². The highest BCUT2D eigenvalue weighted by Gasteiger charge is 2.45. The highest BCUT2D eigenvalue weighted by molar-refractivity contribution is 6.45. The zero-order valence-corrected chi connectivity index (χ0v) is 15.2. The van der Waals surface area contributed by atoms with Crippen molar-refractivity contribution < 1.29 is 19.4 Å². The second kappa shape index (κ2) is 6.36. The summed E-state index contributed by atoms with van der Waals surface area (Å²) >= 11 is 12.5. The molecule has 0 radical (unpaired) electrons. The summed E-state index contributed by atoms with van der Waals surface area (Å²) in [4.78, 5) is 23.8. The summed E-state index contributed by atoms with van der Waals surface area (Å²) in [5.74, 6) is -1.04. The van der Waals surface area contributed by atoms with Crippen LogP contribution in [0.25, 0.3) is 0 Å². The first-order chi connectivity index (χ1) is 11.7. The molecule has 0 spiro atoms. The van der Waals surface area contributed by atoms with Crippen LogP contribution in [0.4, 0.5) is 0 Å². The van der Waals surface area contributed by atoms with Crippen molar-refractivity contribution >= 4 is 35.0 Å². The lowest BCUT2D eigenvalue weighted by Crippen LogP contribution is -2.29. The van der Waals surface area contributed by atoms with E-state index in [1.807, 2.05) is 38.1 Å². The van der Waals surface area contributed by atoms with Gasteiger partial charge in [-0.25, -0.2) is 4.79 Å². The van der Waals surface area contributed by atoms with Crippen LogP contribution in [-0.4, -0.2) is 23.5 Å². The van der Waals surface area contributed by atoms with Gasteiger partial charge in [-0.15, -0.1) is 0 Å². The van der Waals surface area contributed by atoms with E-state index in [-0.39, 0.29) is 21.6 Å². The fraction of sp³-hybridized carbons (Fsp3) is 0.263. The third-order valence-electron chi connectivity index (χ3n) is 4.57. The molecule has 2 aromatic rings. The van der Waals surface area contributed by atoms with Crippen LogP contribution in [0, 0.1) is 6.92 Å². The molecule has 1 atom stereocenters. The van der Waals surface area contributed by atoms with Crippen LogP contribution in [0.15, 0.2) is 30.3 Å². The molecule has 6 heteroatoms. The molecule has 0 aromatic heterocycles. The largest absolute Gasteiger partial charge is 0.480 e. The summed E-state index contributed by atoms with van der Waals surface area (Å²) in [6.07, 6.45) is 0.449. The van der Waals surface area contributed by atoms with E-state index in [2.05, 4.69) is 0 Å². The number of rotatable bonds is 4. The van der Waals surface area contributed by atoms with Gasteiger partial charge >= 0.3 is 5.97 Å². The van der Waals surface area contributed by atoms with Crippen molar-refractivity contribution in [2.75, 3.05) is 6.61 Å². The molecule has 25 heavy (non-hydrogen) atoms. The molecule has 0 unspecified atom stereocenters. The predicted octanol–water partition coefficient (Wildman–Crippen LogP) is 4.46. The Kier molecular flexibility index (Phi) is 4.52. The fourth-order valence-electron chi connectivity index (χ4n) is 3.17.